The lowest BCUT2D eigenvalue weighted by atomic mass is 10.2. The molecule has 1 N–H and O–H groups in total. The smallest absolute Gasteiger partial charge is 0.222 e. The van der Waals surface area contributed by atoms with E-state index in [0.717, 1.165) is 42.4 Å². The largest absolute Gasteiger partial charge is 0.378 e. The van der Waals surface area contributed by atoms with Gasteiger partial charge in [0, 0.05) is 48.7 Å². The molecule has 0 radical (unpaired) electrons. The Balaban J connectivity index is 1.70. The minimum atomic E-state index is 0.219. The highest BCUT2D eigenvalue weighted by molar-refractivity contribution is 7.15. The van der Waals surface area contributed by atoms with Gasteiger partial charge in [-0.05, 0) is 18.2 Å². The number of benzene rings is 1. The summed E-state index contributed by atoms with van der Waals surface area (Å²) in [5.41, 5.74) is 2.08. The zero-order valence-electron chi connectivity index (χ0n) is 14.0. The van der Waals surface area contributed by atoms with Crippen LogP contribution in [0.2, 0.25) is 9.49 Å². The van der Waals surface area contributed by atoms with Gasteiger partial charge in [0.25, 0.3) is 0 Å². The summed E-state index contributed by atoms with van der Waals surface area (Å²) in [5, 5.41) is 4.12. The first-order chi connectivity index (χ1) is 12.1. The molecule has 0 unspecified atom stereocenters. The molecule has 8 heteroatoms. The molecule has 5 nitrogen and oxygen atoms in total. The van der Waals surface area contributed by atoms with Crippen molar-refractivity contribution in [2.24, 2.45) is 0 Å². The van der Waals surface area contributed by atoms with Crippen LogP contribution in [0, 0.1) is 0 Å². The number of carbonyl (C=O) groups excluding carboxylic acids is 1. The first-order valence-electron chi connectivity index (χ1n) is 8.23. The maximum atomic E-state index is 11.8. The summed E-state index contributed by atoms with van der Waals surface area (Å²) in [6, 6.07) is 5.86. The average Bonchev–Trinajstić information content (AvgIpc) is 3.05. The molecule has 1 aromatic heterocycles. The number of rotatable bonds is 5. The van der Waals surface area contributed by atoms with E-state index in [1.165, 1.54) is 11.3 Å². The summed E-state index contributed by atoms with van der Waals surface area (Å²) in [6.45, 7) is 5.68. The summed E-state index contributed by atoms with van der Waals surface area (Å²) < 4.78 is 0.542. The second-order valence-corrected chi connectivity index (χ2v) is 7.95. The molecule has 25 heavy (non-hydrogen) atoms. The van der Waals surface area contributed by atoms with Crippen LogP contribution in [0.25, 0.3) is 0 Å². The first kappa shape index (κ1) is 18.3. The number of anilines is 2. The van der Waals surface area contributed by atoms with Gasteiger partial charge in [-0.2, -0.15) is 0 Å². The van der Waals surface area contributed by atoms with Gasteiger partial charge in [-0.1, -0.05) is 30.1 Å². The second-order valence-electron chi connectivity index (χ2n) is 5.82. The van der Waals surface area contributed by atoms with Gasteiger partial charge in [0.05, 0.1) is 17.9 Å². The maximum Gasteiger partial charge on any atom is 0.222 e. The van der Waals surface area contributed by atoms with Gasteiger partial charge >= 0.3 is 0 Å². The van der Waals surface area contributed by atoms with Crippen LogP contribution in [0.1, 0.15) is 18.2 Å². The van der Waals surface area contributed by atoms with Crippen molar-refractivity contribution in [2.45, 2.75) is 19.9 Å². The molecule has 1 aliphatic rings. The Labute approximate surface area is 161 Å². The van der Waals surface area contributed by atoms with Gasteiger partial charge in [0.2, 0.25) is 5.91 Å². The topological polar surface area (TPSA) is 48.5 Å². The monoisotopic (exact) mass is 398 g/mol. The molecule has 1 aliphatic heterocycles. The van der Waals surface area contributed by atoms with E-state index in [2.05, 4.69) is 15.2 Å². The standard InChI is InChI=1S/C17H20Cl2N4OS/c1-2-16(24)23-7-5-22(6-8-23)15-4-3-12(18)9-14(15)20-10-13-11-21-17(19)25-13/h3-4,9,11,20H,2,5-8,10H2,1H3. The first-order valence-corrected chi connectivity index (χ1v) is 9.80. The molecule has 1 fully saturated rings. The van der Waals surface area contributed by atoms with Crippen LogP contribution < -0.4 is 10.2 Å². The highest BCUT2D eigenvalue weighted by Crippen LogP contribution is 2.31. The number of nitrogens with zero attached hydrogens (tertiary/aromatic N) is 3. The molecule has 0 spiro atoms. The molecule has 0 atom stereocenters. The normalized spacial score (nSPS) is 14.7. The molecular formula is C17H20Cl2N4OS. The summed E-state index contributed by atoms with van der Waals surface area (Å²) in [5.74, 6) is 0.219. The van der Waals surface area contributed by atoms with E-state index in [1.807, 2.05) is 30.0 Å². The van der Waals surface area contributed by atoms with Crippen LogP contribution in [-0.2, 0) is 11.3 Å². The van der Waals surface area contributed by atoms with Gasteiger partial charge < -0.3 is 15.1 Å². The Morgan fingerprint density at radius 1 is 1.28 bits per heavy atom. The zero-order chi connectivity index (χ0) is 17.8. The fraction of sp³-hybridized carbons (Fsp3) is 0.412. The summed E-state index contributed by atoms with van der Waals surface area (Å²) in [7, 11) is 0. The highest BCUT2D eigenvalue weighted by atomic mass is 35.5. The molecule has 2 aromatic rings. The molecule has 0 saturated carbocycles. The Hall–Kier alpha value is -1.50. The van der Waals surface area contributed by atoms with Crippen molar-refractivity contribution in [2.75, 3.05) is 36.4 Å². The third kappa shape index (κ3) is 4.57. The van der Waals surface area contributed by atoms with Gasteiger partial charge in [0.1, 0.15) is 0 Å². The lowest BCUT2D eigenvalue weighted by Crippen LogP contribution is -2.48. The van der Waals surface area contributed by atoms with Gasteiger partial charge in [-0.15, -0.1) is 11.3 Å². The lowest BCUT2D eigenvalue weighted by molar-refractivity contribution is -0.131. The van der Waals surface area contributed by atoms with Crippen molar-refractivity contribution in [3.63, 3.8) is 0 Å². The number of thiazole rings is 1. The Bertz CT molecular complexity index is 744. The van der Waals surface area contributed by atoms with Crippen LogP contribution in [0.5, 0.6) is 0 Å². The van der Waals surface area contributed by atoms with E-state index in [4.69, 9.17) is 23.2 Å². The second kappa shape index (κ2) is 8.25. The number of aromatic nitrogens is 1. The van der Waals surface area contributed by atoms with Crippen molar-refractivity contribution in [1.82, 2.24) is 9.88 Å². The van der Waals surface area contributed by atoms with E-state index in [-0.39, 0.29) is 5.91 Å². The van der Waals surface area contributed by atoms with Gasteiger partial charge in [-0.3, -0.25) is 4.79 Å². The lowest BCUT2D eigenvalue weighted by Gasteiger charge is -2.37. The third-order valence-corrected chi connectivity index (χ3v) is 5.56. The summed E-state index contributed by atoms with van der Waals surface area (Å²) in [4.78, 5) is 21.2. The molecule has 1 saturated heterocycles. The van der Waals surface area contributed by atoms with E-state index >= 15 is 0 Å². The highest BCUT2D eigenvalue weighted by Gasteiger charge is 2.21. The van der Waals surface area contributed by atoms with Crippen molar-refractivity contribution in [3.05, 3.63) is 38.8 Å². The van der Waals surface area contributed by atoms with Crippen molar-refractivity contribution in [3.8, 4) is 0 Å². The quantitative estimate of drug-likeness (QED) is 0.822. The zero-order valence-corrected chi connectivity index (χ0v) is 16.3. The van der Waals surface area contributed by atoms with Crippen LogP contribution in [0.3, 0.4) is 0 Å². The van der Waals surface area contributed by atoms with E-state index < -0.39 is 0 Å². The van der Waals surface area contributed by atoms with Crippen molar-refractivity contribution < 1.29 is 4.79 Å². The number of hydrogen-bond donors (Lipinski definition) is 1. The maximum absolute atomic E-state index is 11.8. The molecule has 3 rings (SSSR count). The minimum Gasteiger partial charge on any atom is -0.378 e. The Morgan fingerprint density at radius 3 is 2.68 bits per heavy atom. The van der Waals surface area contributed by atoms with E-state index in [1.54, 1.807) is 6.20 Å². The third-order valence-electron chi connectivity index (χ3n) is 4.21. The average molecular weight is 399 g/mol. The van der Waals surface area contributed by atoms with Crippen LogP contribution >= 0.6 is 34.5 Å². The molecule has 2 heterocycles. The molecule has 1 aromatic carbocycles. The van der Waals surface area contributed by atoms with Crippen molar-refractivity contribution in [1.29, 1.82) is 0 Å². The number of carbonyl (C=O) groups is 1. The number of piperazine rings is 1. The number of hydrogen-bond acceptors (Lipinski definition) is 5. The number of halogens is 2. The summed E-state index contributed by atoms with van der Waals surface area (Å²) >= 11 is 13.5. The van der Waals surface area contributed by atoms with E-state index in [0.29, 0.717) is 22.5 Å². The fourth-order valence-electron chi connectivity index (χ4n) is 2.89. The van der Waals surface area contributed by atoms with Gasteiger partial charge in [-0.25, -0.2) is 4.98 Å². The van der Waals surface area contributed by atoms with Gasteiger partial charge in [0.15, 0.2) is 4.47 Å². The predicted octanol–water partition coefficient (Wildman–Crippen LogP) is 4.12. The molecular weight excluding hydrogens is 379 g/mol. The fourth-order valence-corrected chi connectivity index (χ4v) is 3.98. The Morgan fingerprint density at radius 2 is 2.04 bits per heavy atom. The number of amides is 1. The summed E-state index contributed by atoms with van der Waals surface area (Å²) in [6.07, 6.45) is 2.34. The Kier molecular flexibility index (Phi) is 6.04. The predicted molar refractivity (Wildman–Crippen MR) is 105 cm³/mol. The molecule has 0 bridgehead atoms. The van der Waals surface area contributed by atoms with Crippen molar-refractivity contribution >= 4 is 51.8 Å². The molecule has 0 aliphatic carbocycles. The number of nitrogens with one attached hydrogen (secondary N) is 1. The van der Waals surface area contributed by atoms with E-state index in [9.17, 15) is 4.79 Å². The van der Waals surface area contributed by atoms with Crippen LogP contribution in [-0.4, -0.2) is 42.0 Å². The SMILES string of the molecule is CCC(=O)N1CCN(c2ccc(Cl)cc2NCc2cnc(Cl)s2)CC1. The molecule has 1 amide bonds. The van der Waals surface area contributed by atoms with Crippen LogP contribution in [0.4, 0.5) is 11.4 Å². The molecule has 134 valence electrons. The van der Waals surface area contributed by atoms with Crippen LogP contribution in [0.15, 0.2) is 24.4 Å². The minimum absolute atomic E-state index is 0.219.